The molecule has 0 spiro atoms. The number of hydrogen-bond donors (Lipinski definition) is 2. The summed E-state index contributed by atoms with van der Waals surface area (Å²) in [6, 6.07) is 10.2. The molecular weight excluding hydrogens is 304 g/mol. The Morgan fingerprint density at radius 3 is 2.48 bits per heavy atom. The predicted octanol–water partition coefficient (Wildman–Crippen LogP) is 3.88. The molecule has 0 aliphatic heterocycles. The highest BCUT2D eigenvalue weighted by Gasteiger charge is 2.10. The van der Waals surface area contributed by atoms with Crippen molar-refractivity contribution in [1.82, 2.24) is 0 Å². The quantitative estimate of drug-likeness (QED) is 0.617. The van der Waals surface area contributed by atoms with Crippen LogP contribution >= 0.6 is 0 Å². The Bertz CT molecular complexity index is 714. The zero-order valence-corrected chi connectivity index (χ0v) is 12.2. The summed E-state index contributed by atoms with van der Waals surface area (Å²) < 4.78 is 11.1. The molecule has 0 heterocycles. The molecule has 2 aromatic rings. The minimum atomic E-state index is -1.18. The van der Waals surface area contributed by atoms with E-state index in [1.807, 2.05) is 0 Å². The van der Waals surface area contributed by atoms with Crippen LogP contribution in [-0.4, -0.2) is 22.7 Å². The lowest BCUT2D eigenvalue weighted by Gasteiger charge is -2.13. The number of carboxylic acid groups (broad SMARTS) is 1. The Labute approximate surface area is 131 Å². The molecule has 23 heavy (non-hydrogen) atoms. The SMILES string of the molecule is CCOc1cc(NC(=O)O)ccc1Oc1ccc([N+](=O)[O-])cc1. The fraction of sp³-hybridized carbons (Fsp3) is 0.133. The highest BCUT2D eigenvalue weighted by atomic mass is 16.6. The maximum absolute atomic E-state index is 10.7. The second-order valence-corrected chi connectivity index (χ2v) is 4.38. The van der Waals surface area contributed by atoms with Crippen molar-refractivity contribution in [2.75, 3.05) is 11.9 Å². The van der Waals surface area contributed by atoms with Gasteiger partial charge in [-0.25, -0.2) is 4.79 Å². The van der Waals surface area contributed by atoms with Crippen molar-refractivity contribution >= 4 is 17.5 Å². The van der Waals surface area contributed by atoms with Gasteiger partial charge in [-0.05, 0) is 31.2 Å². The van der Waals surface area contributed by atoms with Crippen molar-refractivity contribution in [3.05, 3.63) is 52.6 Å². The van der Waals surface area contributed by atoms with Crippen molar-refractivity contribution in [1.29, 1.82) is 0 Å². The number of ether oxygens (including phenoxy) is 2. The molecule has 120 valence electrons. The van der Waals surface area contributed by atoms with Gasteiger partial charge >= 0.3 is 6.09 Å². The molecule has 0 fully saturated rings. The normalized spacial score (nSPS) is 9.96. The molecule has 2 aromatic carbocycles. The van der Waals surface area contributed by atoms with E-state index in [-0.39, 0.29) is 5.69 Å². The summed E-state index contributed by atoms with van der Waals surface area (Å²) >= 11 is 0. The second-order valence-electron chi connectivity index (χ2n) is 4.38. The largest absolute Gasteiger partial charge is 0.490 e. The van der Waals surface area contributed by atoms with Crippen LogP contribution in [0.15, 0.2) is 42.5 Å². The molecule has 0 bridgehead atoms. The number of anilines is 1. The Morgan fingerprint density at radius 2 is 1.91 bits per heavy atom. The summed E-state index contributed by atoms with van der Waals surface area (Å²) in [6.45, 7) is 2.15. The van der Waals surface area contributed by atoms with Gasteiger partial charge < -0.3 is 14.6 Å². The molecule has 1 amide bonds. The fourth-order valence-corrected chi connectivity index (χ4v) is 1.82. The zero-order valence-electron chi connectivity index (χ0n) is 12.2. The van der Waals surface area contributed by atoms with Gasteiger partial charge in [-0.1, -0.05) is 0 Å². The summed E-state index contributed by atoms with van der Waals surface area (Å²) in [5.41, 5.74) is 0.306. The number of rotatable bonds is 6. The Balaban J connectivity index is 2.23. The van der Waals surface area contributed by atoms with E-state index in [1.165, 1.54) is 36.4 Å². The Morgan fingerprint density at radius 1 is 1.22 bits per heavy atom. The number of nitrogens with zero attached hydrogens (tertiary/aromatic N) is 1. The number of amides is 1. The number of non-ortho nitro benzene ring substituents is 1. The molecule has 0 saturated carbocycles. The van der Waals surface area contributed by atoms with Gasteiger partial charge in [0.25, 0.3) is 5.69 Å². The van der Waals surface area contributed by atoms with Crippen LogP contribution in [0.4, 0.5) is 16.2 Å². The Kier molecular flexibility index (Phi) is 4.98. The highest BCUT2D eigenvalue weighted by Crippen LogP contribution is 2.34. The molecule has 2 rings (SSSR count). The first-order valence-electron chi connectivity index (χ1n) is 6.68. The minimum Gasteiger partial charge on any atom is -0.490 e. The van der Waals surface area contributed by atoms with Crippen LogP contribution in [0.25, 0.3) is 0 Å². The van der Waals surface area contributed by atoms with Crippen molar-refractivity contribution in [2.24, 2.45) is 0 Å². The smallest absolute Gasteiger partial charge is 0.409 e. The van der Waals surface area contributed by atoms with E-state index in [0.29, 0.717) is 29.5 Å². The molecular formula is C15H14N2O6. The number of benzene rings is 2. The lowest BCUT2D eigenvalue weighted by Crippen LogP contribution is -2.07. The predicted molar refractivity (Wildman–Crippen MR) is 82.4 cm³/mol. The van der Waals surface area contributed by atoms with Crippen molar-refractivity contribution in [3.8, 4) is 17.2 Å². The van der Waals surface area contributed by atoms with Gasteiger partial charge in [0.1, 0.15) is 5.75 Å². The first-order chi connectivity index (χ1) is 11.0. The van der Waals surface area contributed by atoms with Crippen molar-refractivity contribution in [2.45, 2.75) is 6.92 Å². The summed E-state index contributed by atoms with van der Waals surface area (Å²) in [5.74, 6) is 1.13. The van der Waals surface area contributed by atoms with Gasteiger partial charge in [0.2, 0.25) is 0 Å². The van der Waals surface area contributed by atoms with Gasteiger partial charge in [-0.3, -0.25) is 15.4 Å². The number of nitro benzene ring substituents is 1. The topological polar surface area (TPSA) is 111 Å². The van der Waals surface area contributed by atoms with Gasteiger partial charge in [0.15, 0.2) is 11.5 Å². The third kappa shape index (κ3) is 4.34. The maximum atomic E-state index is 10.7. The third-order valence-electron chi connectivity index (χ3n) is 2.77. The summed E-state index contributed by atoms with van der Waals surface area (Å²) in [7, 11) is 0. The average Bonchev–Trinajstić information content (AvgIpc) is 2.50. The molecule has 0 radical (unpaired) electrons. The van der Waals surface area contributed by atoms with Gasteiger partial charge in [-0.15, -0.1) is 0 Å². The Hall–Kier alpha value is -3.29. The molecule has 0 atom stereocenters. The first-order valence-corrected chi connectivity index (χ1v) is 6.68. The minimum absolute atomic E-state index is 0.0385. The number of carbonyl (C=O) groups is 1. The summed E-state index contributed by atoms with van der Waals surface area (Å²) in [5, 5.41) is 21.6. The highest BCUT2D eigenvalue weighted by molar-refractivity contribution is 5.83. The fourth-order valence-electron chi connectivity index (χ4n) is 1.82. The monoisotopic (exact) mass is 318 g/mol. The molecule has 0 aromatic heterocycles. The first kappa shape index (κ1) is 16.1. The van der Waals surface area contributed by atoms with E-state index in [1.54, 1.807) is 13.0 Å². The molecule has 2 N–H and O–H groups in total. The standard InChI is InChI=1S/C15H14N2O6/c1-2-22-14-9-10(16-15(18)19)3-8-13(14)23-12-6-4-11(5-7-12)17(20)21/h3-9,16H,2H2,1H3,(H,18,19). The lowest BCUT2D eigenvalue weighted by molar-refractivity contribution is -0.384. The van der Waals surface area contributed by atoms with E-state index in [9.17, 15) is 14.9 Å². The number of hydrogen-bond acceptors (Lipinski definition) is 5. The van der Waals surface area contributed by atoms with Crippen LogP contribution in [0.2, 0.25) is 0 Å². The molecule has 8 heteroatoms. The lowest BCUT2D eigenvalue weighted by atomic mass is 10.2. The van der Waals surface area contributed by atoms with Crippen LogP contribution < -0.4 is 14.8 Å². The van der Waals surface area contributed by atoms with Gasteiger partial charge in [0.05, 0.1) is 11.5 Å². The van der Waals surface area contributed by atoms with E-state index in [0.717, 1.165) is 0 Å². The van der Waals surface area contributed by atoms with E-state index < -0.39 is 11.0 Å². The van der Waals surface area contributed by atoms with Crippen LogP contribution in [0.5, 0.6) is 17.2 Å². The van der Waals surface area contributed by atoms with Crippen LogP contribution in [0.1, 0.15) is 6.92 Å². The van der Waals surface area contributed by atoms with Crippen molar-refractivity contribution in [3.63, 3.8) is 0 Å². The zero-order chi connectivity index (χ0) is 16.8. The molecule has 0 aliphatic rings. The maximum Gasteiger partial charge on any atom is 0.409 e. The summed E-state index contributed by atoms with van der Waals surface area (Å²) in [4.78, 5) is 20.8. The molecule has 0 aliphatic carbocycles. The van der Waals surface area contributed by atoms with E-state index >= 15 is 0 Å². The van der Waals surface area contributed by atoms with Crippen LogP contribution in [0, 0.1) is 10.1 Å². The van der Waals surface area contributed by atoms with E-state index in [4.69, 9.17) is 14.6 Å². The number of nitrogens with one attached hydrogen (secondary N) is 1. The molecule has 0 saturated heterocycles. The van der Waals surface area contributed by atoms with Gasteiger partial charge in [-0.2, -0.15) is 0 Å². The van der Waals surface area contributed by atoms with Crippen LogP contribution in [0.3, 0.4) is 0 Å². The summed E-state index contributed by atoms with van der Waals surface area (Å²) in [6.07, 6.45) is -1.18. The molecule has 8 nitrogen and oxygen atoms in total. The second kappa shape index (κ2) is 7.12. The van der Waals surface area contributed by atoms with Crippen molar-refractivity contribution < 1.29 is 24.3 Å². The molecule has 0 unspecified atom stereocenters. The van der Waals surface area contributed by atoms with Gasteiger partial charge in [0, 0.05) is 23.9 Å². The van der Waals surface area contributed by atoms with Crippen LogP contribution in [-0.2, 0) is 0 Å². The number of nitro groups is 1. The van der Waals surface area contributed by atoms with E-state index in [2.05, 4.69) is 5.32 Å². The average molecular weight is 318 g/mol. The third-order valence-corrected chi connectivity index (χ3v) is 2.77.